The maximum atomic E-state index is 13.0. The molecule has 0 radical (unpaired) electrons. The van der Waals surface area contributed by atoms with Gasteiger partial charge in [0.25, 0.3) is 0 Å². The highest BCUT2D eigenvalue weighted by molar-refractivity contribution is 5.89. The van der Waals surface area contributed by atoms with Gasteiger partial charge in [-0.2, -0.15) is 0 Å². The number of esters is 1. The lowest BCUT2D eigenvalue weighted by atomic mass is 9.96. The fraction of sp³-hybridized carbons (Fsp3) is 0.273. The second kappa shape index (κ2) is 14.1. The van der Waals surface area contributed by atoms with E-state index in [1.807, 2.05) is 72.8 Å². The van der Waals surface area contributed by atoms with Gasteiger partial charge in [0.05, 0.1) is 18.8 Å². The zero-order valence-corrected chi connectivity index (χ0v) is 23.1. The topological polar surface area (TPSA) is 113 Å². The first-order chi connectivity index (χ1) is 20.5. The lowest BCUT2D eigenvalue weighted by molar-refractivity contribution is -0.264. The first-order valence-corrected chi connectivity index (χ1v) is 13.7. The molecule has 0 bridgehead atoms. The number of ether oxygens (including phenoxy) is 5. The van der Waals surface area contributed by atoms with Gasteiger partial charge < -0.3 is 34.1 Å². The number of aliphatic hydroxyl groups is 1. The van der Waals surface area contributed by atoms with Gasteiger partial charge in [-0.15, -0.1) is 0 Å². The van der Waals surface area contributed by atoms with Gasteiger partial charge >= 0.3 is 12.1 Å². The maximum absolute atomic E-state index is 13.0. The molecule has 218 valence electrons. The predicted molar refractivity (Wildman–Crippen MR) is 154 cm³/mol. The normalized spacial score (nSPS) is 21.9. The van der Waals surface area contributed by atoms with Crippen LogP contribution in [-0.2, 0) is 36.9 Å². The summed E-state index contributed by atoms with van der Waals surface area (Å²) >= 11 is 0. The molecule has 4 aromatic rings. The van der Waals surface area contributed by atoms with Crippen LogP contribution in [0.4, 0.5) is 4.79 Å². The molecule has 1 aliphatic rings. The number of benzene rings is 4. The smallest absolute Gasteiger partial charge is 0.407 e. The lowest BCUT2D eigenvalue weighted by Crippen LogP contribution is -2.65. The molecular formula is C33H33NO8. The molecule has 9 nitrogen and oxygen atoms in total. The summed E-state index contributed by atoms with van der Waals surface area (Å²) in [5.41, 5.74) is 2.04. The Labute approximate surface area is 243 Å². The Bertz CT molecular complexity index is 1460. The number of fused-ring (bicyclic) bond motifs is 1. The van der Waals surface area contributed by atoms with Crippen molar-refractivity contribution >= 4 is 22.8 Å². The third-order valence-corrected chi connectivity index (χ3v) is 7.02. The highest BCUT2D eigenvalue weighted by atomic mass is 16.7. The van der Waals surface area contributed by atoms with Crippen LogP contribution in [0.2, 0.25) is 0 Å². The number of methoxy groups -OCH3 is 1. The Balaban J connectivity index is 1.28. The van der Waals surface area contributed by atoms with Crippen LogP contribution in [0, 0.1) is 0 Å². The minimum Gasteiger partial charge on any atom is -0.453 e. The van der Waals surface area contributed by atoms with Gasteiger partial charge in [0, 0.05) is 7.11 Å². The van der Waals surface area contributed by atoms with Crippen molar-refractivity contribution in [1.82, 2.24) is 5.32 Å². The van der Waals surface area contributed by atoms with Crippen LogP contribution in [0.5, 0.6) is 0 Å². The summed E-state index contributed by atoms with van der Waals surface area (Å²) in [7, 11) is 1.40. The Morgan fingerprint density at radius 3 is 2.26 bits per heavy atom. The first kappa shape index (κ1) is 29.2. The molecule has 1 saturated heterocycles. The minimum absolute atomic E-state index is 0.0155. The number of alkyl carbamates (subject to hydrolysis) is 1. The second-order valence-corrected chi connectivity index (χ2v) is 9.93. The molecule has 0 saturated carbocycles. The van der Waals surface area contributed by atoms with E-state index in [0.717, 1.165) is 21.9 Å². The number of aliphatic hydroxyl groups excluding tert-OH is 1. The van der Waals surface area contributed by atoms with Crippen LogP contribution >= 0.6 is 0 Å². The monoisotopic (exact) mass is 571 g/mol. The molecule has 1 aliphatic heterocycles. The Morgan fingerprint density at radius 1 is 0.833 bits per heavy atom. The maximum Gasteiger partial charge on any atom is 0.407 e. The van der Waals surface area contributed by atoms with Gasteiger partial charge in [-0.05, 0) is 40.1 Å². The van der Waals surface area contributed by atoms with Crippen molar-refractivity contribution in [2.24, 2.45) is 0 Å². The molecule has 9 heteroatoms. The molecule has 0 aliphatic carbocycles. The van der Waals surface area contributed by atoms with Crippen molar-refractivity contribution in [2.75, 3.05) is 13.7 Å². The third-order valence-electron chi connectivity index (χ3n) is 7.02. The number of hydrogen-bond donors (Lipinski definition) is 2. The predicted octanol–water partition coefficient (Wildman–Crippen LogP) is 4.61. The first-order valence-electron chi connectivity index (χ1n) is 13.7. The van der Waals surface area contributed by atoms with Crippen LogP contribution in [-0.4, -0.2) is 61.5 Å². The van der Waals surface area contributed by atoms with E-state index >= 15 is 0 Å². The van der Waals surface area contributed by atoms with E-state index in [1.54, 1.807) is 30.3 Å². The van der Waals surface area contributed by atoms with Crippen molar-refractivity contribution < 1.29 is 38.4 Å². The van der Waals surface area contributed by atoms with E-state index < -0.39 is 42.7 Å². The fourth-order valence-corrected chi connectivity index (χ4v) is 4.84. The van der Waals surface area contributed by atoms with E-state index in [1.165, 1.54) is 7.11 Å². The van der Waals surface area contributed by atoms with Crippen molar-refractivity contribution in [2.45, 2.75) is 43.9 Å². The number of rotatable bonds is 10. The SMILES string of the molecule is CO[C@H]1O[C@H](COCc2ccc3ccccc3c2)[C@@H](O)[C@H](OC(=O)c2ccccc2)[C@H]1NC(=O)OCc1ccccc1. The third kappa shape index (κ3) is 7.32. The number of amides is 1. The van der Waals surface area contributed by atoms with Crippen LogP contribution < -0.4 is 5.32 Å². The van der Waals surface area contributed by atoms with E-state index in [9.17, 15) is 14.7 Å². The Morgan fingerprint density at radius 2 is 1.52 bits per heavy atom. The van der Waals surface area contributed by atoms with Gasteiger partial charge in [-0.3, -0.25) is 0 Å². The van der Waals surface area contributed by atoms with E-state index in [0.29, 0.717) is 5.56 Å². The van der Waals surface area contributed by atoms with Crippen molar-refractivity contribution in [1.29, 1.82) is 0 Å². The molecule has 5 atom stereocenters. The van der Waals surface area contributed by atoms with Crippen LogP contribution in [0.3, 0.4) is 0 Å². The largest absolute Gasteiger partial charge is 0.453 e. The molecule has 1 fully saturated rings. The number of nitrogens with one attached hydrogen (secondary N) is 1. The quantitative estimate of drug-likeness (QED) is 0.266. The summed E-state index contributed by atoms with van der Waals surface area (Å²) < 4.78 is 28.6. The highest BCUT2D eigenvalue weighted by Crippen LogP contribution is 2.26. The molecular weight excluding hydrogens is 538 g/mol. The molecule has 1 amide bonds. The minimum atomic E-state index is -1.35. The van der Waals surface area contributed by atoms with Gasteiger partial charge in [0.1, 0.15) is 24.9 Å². The van der Waals surface area contributed by atoms with Gasteiger partial charge in [-0.1, -0.05) is 84.9 Å². The van der Waals surface area contributed by atoms with Crippen LogP contribution in [0.25, 0.3) is 10.8 Å². The second-order valence-electron chi connectivity index (χ2n) is 9.93. The molecule has 1 heterocycles. The average Bonchev–Trinajstić information content (AvgIpc) is 3.03. The number of carbonyl (C=O) groups excluding carboxylic acids is 2. The molecule has 0 unspecified atom stereocenters. The van der Waals surface area contributed by atoms with Gasteiger partial charge in [0.2, 0.25) is 0 Å². The van der Waals surface area contributed by atoms with Gasteiger partial charge in [0.15, 0.2) is 12.4 Å². The summed E-state index contributed by atoms with van der Waals surface area (Å²) in [6, 6.07) is 30.6. The van der Waals surface area contributed by atoms with Gasteiger partial charge in [-0.25, -0.2) is 9.59 Å². The summed E-state index contributed by atoms with van der Waals surface area (Å²) in [5, 5.41) is 16.2. The number of carbonyl (C=O) groups is 2. The summed E-state index contributed by atoms with van der Waals surface area (Å²) in [6.07, 6.45) is -5.34. The average molecular weight is 572 g/mol. The standard InChI is InChI=1S/C33H33NO8/c1-38-32-28(34-33(37)40-20-22-10-4-2-5-11-22)30(42-31(36)25-13-6-3-7-14-25)29(35)27(41-32)21-39-19-23-16-17-24-12-8-9-15-26(24)18-23/h2-18,27-30,32,35H,19-21H2,1H3,(H,34,37)/t27-,28-,29-,30-,32+/m1/s1. The zero-order valence-electron chi connectivity index (χ0n) is 23.1. The van der Waals surface area contributed by atoms with Crippen molar-refractivity contribution in [3.05, 3.63) is 120 Å². The van der Waals surface area contributed by atoms with Crippen molar-refractivity contribution in [3.63, 3.8) is 0 Å². The van der Waals surface area contributed by atoms with Crippen molar-refractivity contribution in [3.8, 4) is 0 Å². The number of hydrogen-bond acceptors (Lipinski definition) is 8. The summed E-state index contributed by atoms with van der Waals surface area (Å²) in [5.74, 6) is -0.670. The summed E-state index contributed by atoms with van der Waals surface area (Å²) in [6.45, 7) is 0.287. The Kier molecular flexibility index (Phi) is 9.78. The molecule has 2 N–H and O–H groups in total. The molecule has 5 rings (SSSR count). The highest BCUT2D eigenvalue weighted by Gasteiger charge is 2.49. The molecule has 4 aromatic carbocycles. The zero-order chi connectivity index (χ0) is 29.3. The molecule has 0 spiro atoms. The molecule has 0 aromatic heterocycles. The van der Waals surface area contributed by atoms with Crippen LogP contribution in [0.15, 0.2) is 103 Å². The van der Waals surface area contributed by atoms with E-state index in [4.69, 9.17) is 23.7 Å². The van der Waals surface area contributed by atoms with E-state index in [2.05, 4.69) is 5.32 Å². The lowest BCUT2D eigenvalue weighted by Gasteiger charge is -2.43. The Hall–Kier alpha value is -4.28. The summed E-state index contributed by atoms with van der Waals surface area (Å²) in [4.78, 5) is 25.8. The van der Waals surface area contributed by atoms with Crippen LogP contribution in [0.1, 0.15) is 21.5 Å². The fourth-order valence-electron chi connectivity index (χ4n) is 4.84. The molecule has 42 heavy (non-hydrogen) atoms. The van der Waals surface area contributed by atoms with E-state index in [-0.39, 0.29) is 19.8 Å².